The molecule has 12 heteroatoms. The Morgan fingerprint density at radius 2 is 0.889 bits per heavy atom. The Hall–Kier alpha value is 2.42. The molecule has 0 N–H and O–H groups in total. The van der Waals surface area contributed by atoms with Crippen LogP contribution in [0.5, 0.6) is 0 Å². The summed E-state index contributed by atoms with van der Waals surface area (Å²) < 4.78 is 1.02. The minimum atomic E-state index is -2.61. The van der Waals surface area contributed by atoms with Crippen LogP contribution in [0.3, 0.4) is 0 Å². The molecular formula is C6H12Cl4CuFeN2S4-2. The Kier molecular flexibility index (Phi) is 25.1. The molecule has 119 valence electrons. The fourth-order valence-corrected chi connectivity index (χ4v) is 0. The molecule has 0 aliphatic heterocycles. The van der Waals surface area contributed by atoms with E-state index in [2.05, 4.69) is 49.7 Å². The van der Waals surface area contributed by atoms with Crippen LogP contribution in [0.15, 0.2) is 0 Å². The van der Waals surface area contributed by atoms with Gasteiger partial charge in [-0.25, -0.2) is 0 Å². The largest absolute Gasteiger partial charge is 1.00 e. The molecule has 0 radical (unpaired) electrons. The maximum atomic E-state index is 4.95. The van der Waals surface area contributed by atoms with Crippen LogP contribution < -0.4 is 0 Å². The van der Waals surface area contributed by atoms with Gasteiger partial charge in [0.25, 0.3) is 0 Å². The molecule has 0 aromatic rings. The number of rotatable bonds is 0. The van der Waals surface area contributed by atoms with Gasteiger partial charge in [-0.2, -0.15) is 0 Å². The first-order valence-electron chi connectivity index (χ1n) is 3.59. The van der Waals surface area contributed by atoms with E-state index in [1.807, 2.05) is 28.2 Å². The van der Waals surface area contributed by atoms with E-state index in [0.717, 1.165) is 0 Å². The molecule has 0 saturated carbocycles. The van der Waals surface area contributed by atoms with Crippen molar-refractivity contribution in [1.82, 2.24) is 9.80 Å². The number of thiocarbonyl (C=S) groups is 2. The van der Waals surface area contributed by atoms with Crippen LogP contribution in [0, 0.1) is 0 Å². The van der Waals surface area contributed by atoms with Gasteiger partial charge < -0.3 is 59.5 Å². The van der Waals surface area contributed by atoms with Crippen molar-refractivity contribution in [1.29, 1.82) is 0 Å². The molecule has 0 amide bonds. The summed E-state index contributed by atoms with van der Waals surface area (Å²) in [5.74, 6) is 0. The summed E-state index contributed by atoms with van der Waals surface area (Å²) in [6.45, 7) is 0. The average Bonchev–Trinajstić information content (AvgIpc) is 2.01. The van der Waals surface area contributed by atoms with Gasteiger partial charge in [-0.15, -0.1) is 0 Å². The van der Waals surface area contributed by atoms with Gasteiger partial charge in [-0.05, 0) is 0 Å². The first kappa shape index (κ1) is 28.6. The predicted octanol–water partition coefficient (Wildman–Crippen LogP) is 3.51. The van der Waals surface area contributed by atoms with E-state index in [9.17, 15) is 0 Å². The first-order valence-corrected chi connectivity index (χ1v) is 11.3. The summed E-state index contributed by atoms with van der Waals surface area (Å²) in [5.41, 5.74) is 0. The molecule has 2 nitrogen and oxygen atoms in total. The fraction of sp³-hybridized carbons (Fsp3) is 0.667. The smallest absolute Gasteiger partial charge is 1.00 e. The Morgan fingerprint density at radius 1 is 0.833 bits per heavy atom. The average molecular weight is 502 g/mol. The van der Waals surface area contributed by atoms with Crippen LogP contribution in [0.2, 0.25) is 0 Å². The SMILES string of the molecule is CN(C)C(=S)[S-].CN(C)C(=S)[S-].[Cl][Fe-]([Cl])([Cl])[Cl].[Cu+]. The number of halogens is 4. The van der Waals surface area contributed by atoms with E-state index >= 15 is 0 Å². The molecule has 0 bridgehead atoms. The third-order valence-corrected chi connectivity index (χ3v) is 2.19. The Labute approximate surface area is 161 Å². The second-order valence-electron chi connectivity index (χ2n) is 2.62. The van der Waals surface area contributed by atoms with Crippen LogP contribution in [0.25, 0.3) is 0 Å². The van der Waals surface area contributed by atoms with Gasteiger partial charge in [0.05, 0.1) is 0 Å². The molecule has 0 saturated heterocycles. The Bertz CT molecular complexity index is 216. The summed E-state index contributed by atoms with van der Waals surface area (Å²) in [4.78, 5) is 3.43. The Balaban J connectivity index is -0.0000000799. The molecule has 0 fully saturated rings. The zero-order chi connectivity index (χ0) is 14.8. The Morgan fingerprint density at radius 3 is 0.889 bits per heavy atom. The van der Waals surface area contributed by atoms with Gasteiger partial charge in [-0.1, -0.05) is 8.64 Å². The predicted molar refractivity (Wildman–Crippen MR) is 90.7 cm³/mol. The standard InChI is InChI=1S/2C3H7NS2.4ClH.Cu.Fe/c2*1-4(2)3(5)6;;;;;;/h2*1-2H3,(H,5,6);4*1H;;/q;;;;;;+1;+3/p-6. The topological polar surface area (TPSA) is 6.48 Å². The van der Waals surface area contributed by atoms with Gasteiger partial charge >= 0.3 is 66.7 Å². The summed E-state index contributed by atoms with van der Waals surface area (Å²) in [6, 6.07) is 0. The van der Waals surface area contributed by atoms with Crippen molar-refractivity contribution in [2.24, 2.45) is 0 Å². The minimum Gasteiger partial charge on any atom is 1.00 e. The third-order valence-electron chi connectivity index (χ3n) is 0.730. The van der Waals surface area contributed by atoms with Crippen LogP contribution in [-0.2, 0) is 51.5 Å². The third kappa shape index (κ3) is 51.5. The van der Waals surface area contributed by atoms with Crippen LogP contribution in [0.4, 0.5) is 0 Å². The van der Waals surface area contributed by atoms with E-state index in [0.29, 0.717) is 8.64 Å². The van der Waals surface area contributed by atoms with E-state index in [-0.39, 0.29) is 17.1 Å². The summed E-state index contributed by atoms with van der Waals surface area (Å²) >= 11 is 18.2. The number of hydrogen-bond donors (Lipinski definition) is 0. The van der Waals surface area contributed by atoms with Gasteiger partial charge in [-0.3, -0.25) is 0 Å². The van der Waals surface area contributed by atoms with E-state index in [1.165, 1.54) is 0 Å². The minimum absolute atomic E-state index is 0. The number of nitrogens with zero attached hydrogens (tertiary/aromatic N) is 2. The molecule has 0 aromatic heterocycles. The van der Waals surface area contributed by atoms with E-state index in [4.69, 9.17) is 40.4 Å². The number of hydrogen-bond acceptors (Lipinski definition) is 4. The second-order valence-corrected chi connectivity index (χ2v) is 15.6. The summed E-state index contributed by atoms with van der Waals surface area (Å²) in [5, 5.41) is 0. The first-order chi connectivity index (χ1) is 7.29. The molecule has 0 aliphatic rings. The van der Waals surface area contributed by atoms with Crippen molar-refractivity contribution < 1.29 is 26.3 Å². The second kappa shape index (κ2) is 15.8. The van der Waals surface area contributed by atoms with Gasteiger partial charge in [0.1, 0.15) is 0 Å². The zero-order valence-electron chi connectivity index (χ0n) is 9.69. The molecule has 0 unspecified atom stereocenters. The van der Waals surface area contributed by atoms with Crippen molar-refractivity contribution in [2.45, 2.75) is 0 Å². The van der Waals surface area contributed by atoms with Crippen molar-refractivity contribution in [3.63, 3.8) is 0 Å². The normalized spacial score (nSPS) is 9.33. The molecule has 0 aromatic carbocycles. The molecule has 0 heterocycles. The van der Waals surface area contributed by atoms with Crippen LogP contribution in [-0.4, -0.2) is 46.6 Å². The molecule has 18 heavy (non-hydrogen) atoms. The van der Waals surface area contributed by atoms with E-state index in [1.54, 1.807) is 9.80 Å². The summed E-state index contributed by atoms with van der Waals surface area (Å²) in [6.07, 6.45) is 0. The fourth-order valence-electron chi connectivity index (χ4n) is 0. The molecule has 0 rings (SSSR count). The maximum absolute atomic E-state index is 4.95. The quantitative estimate of drug-likeness (QED) is 0.283. The van der Waals surface area contributed by atoms with Crippen molar-refractivity contribution in [3.05, 3.63) is 0 Å². The van der Waals surface area contributed by atoms with Crippen molar-refractivity contribution in [3.8, 4) is 0 Å². The molecule has 0 aliphatic carbocycles. The summed E-state index contributed by atoms with van der Waals surface area (Å²) in [7, 11) is 24.5. The van der Waals surface area contributed by atoms with Gasteiger partial charge in [0.2, 0.25) is 0 Å². The maximum Gasteiger partial charge on any atom is 1.00 e. The van der Waals surface area contributed by atoms with Gasteiger partial charge in [0, 0.05) is 28.2 Å². The van der Waals surface area contributed by atoms with E-state index < -0.39 is 9.20 Å². The van der Waals surface area contributed by atoms with Crippen LogP contribution >= 0.6 is 64.8 Å². The van der Waals surface area contributed by atoms with Crippen molar-refractivity contribution in [2.75, 3.05) is 28.2 Å². The monoisotopic (exact) mass is 499 g/mol. The van der Waals surface area contributed by atoms with Crippen LogP contribution in [0.1, 0.15) is 0 Å². The molecule has 0 atom stereocenters. The molecular weight excluding hydrogens is 490 g/mol. The van der Waals surface area contributed by atoms with Crippen molar-refractivity contribution >= 4 is 98.7 Å². The molecule has 0 spiro atoms. The zero-order valence-corrected chi connectivity index (χ0v) is 18.0. The van der Waals surface area contributed by atoms with Gasteiger partial charge in [0.15, 0.2) is 0 Å².